The van der Waals surface area contributed by atoms with Crippen LogP contribution in [0.15, 0.2) is 47.4 Å². The SMILES string of the molecule is CCCCCCCS(=O)(=O)c1ccc2c(c1)CCN2C(=O)c1ccccc1NS(=O)(=O)C(F)F. The van der Waals surface area contributed by atoms with Gasteiger partial charge >= 0.3 is 5.76 Å². The monoisotopic (exact) mass is 514 g/mol. The quantitative estimate of drug-likeness (QED) is 0.442. The van der Waals surface area contributed by atoms with Gasteiger partial charge in [-0.25, -0.2) is 16.8 Å². The number of hydrogen-bond acceptors (Lipinski definition) is 5. The van der Waals surface area contributed by atoms with Gasteiger partial charge in [0.2, 0.25) is 0 Å². The number of carbonyl (C=O) groups excluding carboxylic acids is 1. The number of sulfone groups is 1. The van der Waals surface area contributed by atoms with Gasteiger partial charge in [-0.15, -0.1) is 0 Å². The zero-order chi connectivity index (χ0) is 24.9. The lowest BCUT2D eigenvalue weighted by atomic mass is 10.1. The molecule has 186 valence electrons. The van der Waals surface area contributed by atoms with Crippen molar-refractivity contribution < 1.29 is 30.4 Å². The summed E-state index contributed by atoms with van der Waals surface area (Å²) in [6.07, 6.45) is 5.03. The summed E-state index contributed by atoms with van der Waals surface area (Å²) < 4.78 is 76.0. The maximum atomic E-state index is 13.2. The minimum atomic E-state index is -4.95. The Morgan fingerprint density at radius 1 is 1.03 bits per heavy atom. The molecule has 2 aromatic carbocycles. The van der Waals surface area contributed by atoms with E-state index >= 15 is 0 Å². The van der Waals surface area contributed by atoms with Crippen molar-refractivity contribution >= 4 is 37.1 Å². The number of amides is 1. The lowest BCUT2D eigenvalue weighted by Crippen LogP contribution is -2.30. The third-order valence-corrected chi connectivity index (χ3v) is 8.48. The third-order valence-electron chi connectivity index (χ3n) is 5.71. The van der Waals surface area contributed by atoms with Crippen LogP contribution in [0.1, 0.15) is 54.9 Å². The number of unbranched alkanes of at least 4 members (excludes halogenated alkanes) is 4. The molecular weight excluding hydrogens is 486 g/mol. The molecule has 1 aliphatic heterocycles. The van der Waals surface area contributed by atoms with Gasteiger partial charge in [-0.1, -0.05) is 44.7 Å². The molecule has 0 fully saturated rings. The summed E-state index contributed by atoms with van der Waals surface area (Å²) in [5.74, 6) is -4.15. The van der Waals surface area contributed by atoms with Crippen LogP contribution in [0.5, 0.6) is 0 Å². The van der Waals surface area contributed by atoms with Crippen LogP contribution in [0.4, 0.5) is 20.2 Å². The van der Waals surface area contributed by atoms with E-state index in [-0.39, 0.29) is 28.4 Å². The van der Waals surface area contributed by atoms with Crippen molar-refractivity contribution in [3.63, 3.8) is 0 Å². The topological polar surface area (TPSA) is 101 Å². The zero-order valence-corrected chi connectivity index (χ0v) is 20.5. The second-order valence-corrected chi connectivity index (χ2v) is 11.9. The molecule has 0 saturated heterocycles. The molecule has 0 radical (unpaired) electrons. The molecule has 1 heterocycles. The van der Waals surface area contributed by atoms with Crippen molar-refractivity contribution in [1.29, 1.82) is 0 Å². The van der Waals surface area contributed by atoms with Crippen molar-refractivity contribution in [3.05, 3.63) is 53.6 Å². The summed E-state index contributed by atoms with van der Waals surface area (Å²) in [5.41, 5.74) is 0.872. The summed E-state index contributed by atoms with van der Waals surface area (Å²) >= 11 is 0. The molecule has 0 atom stereocenters. The van der Waals surface area contributed by atoms with Crippen LogP contribution < -0.4 is 9.62 Å². The van der Waals surface area contributed by atoms with E-state index in [1.807, 2.05) is 0 Å². The molecule has 2 aromatic rings. The van der Waals surface area contributed by atoms with E-state index in [4.69, 9.17) is 0 Å². The number of anilines is 2. The number of para-hydroxylation sites is 1. The number of fused-ring (bicyclic) bond motifs is 1. The van der Waals surface area contributed by atoms with Crippen LogP contribution in [0.2, 0.25) is 0 Å². The highest BCUT2D eigenvalue weighted by atomic mass is 32.2. The molecule has 3 rings (SSSR count). The van der Waals surface area contributed by atoms with Crippen molar-refractivity contribution in [2.24, 2.45) is 0 Å². The molecule has 1 aliphatic rings. The van der Waals surface area contributed by atoms with E-state index in [1.54, 1.807) is 16.9 Å². The highest BCUT2D eigenvalue weighted by Gasteiger charge is 2.30. The van der Waals surface area contributed by atoms with E-state index in [9.17, 15) is 30.4 Å². The Hall–Kier alpha value is -2.53. The van der Waals surface area contributed by atoms with Gasteiger partial charge in [-0.2, -0.15) is 8.78 Å². The zero-order valence-electron chi connectivity index (χ0n) is 18.8. The van der Waals surface area contributed by atoms with Gasteiger partial charge in [-0.3, -0.25) is 9.52 Å². The lowest BCUT2D eigenvalue weighted by molar-refractivity contribution is 0.0990. The first-order valence-electron chi connectivity index (χ1n) is 11.1. The predicted molar refractivity (Wildman–Crippen MR) is 128 cm³/mol. The first-order valence-corrected chi connectivity index (χ1v) is 14.3. The summed E-state index contributed by atoms with van der Waals surface area (Å²) in [4.78, 5) is 14.8. The van der Waals surface area contributed by atoms with E-state index < -0.39 is 31.5 Å². The Morgan fingerprint density at radius 2 is 1.74 bits per heavy atom. The number of hydrogen-bond donors (Lipinski definition) is 1. The third kappa shape index (κ3) is 5.93. The van der Waals surface area contributed by atoms with Crippen molar-refractivity contribution in [2.45, 2.75) is 56.1 Å². The van der Waals surface area contributed by atoms with E-state index in [0.29, 0.717) is 24.1 Å². The molecule has 1 amide bonds. The van der Waals surface area contributed by atoms with E-state index in [1.165, 1.54) is 35.2 Å². The molecule has 0 bridgehead atoms. The molecule has 0 unspecified atom stereocenters. The maximum absolute atomic E-state index is 13.2. The summed E-state index contributed by atoms with van der Waals surface area (Å²) in [7, 11) is -8.39. The number of nitrogens with one attached hydrogen (secondary N) is 1. The highest BCUT2D eigenvalue weighted by Crippen LogP contribution is 2.33. The average Bonchev–Trinajstić information content (AvgIpc) is 3.22. The average molecular weight is 515 g/mol. The van der Waals surface area contributed by atoms with Gasteiger partial charge in [0, 0.05) is 12.2 Å². The van der Waals surface area contributed by atoms with Gasteiger partial charge in [0.25, 0.3) is 15.9 Å². The number of benzene rings is 2. The molecule has 0 aromatic heterocycles. The molecule has 0 saturated carbocycles. The normalized spacial score (nSPS) is 13.8. The van der Waals surface area contributed by atoms with Crippen LogP contribution in [0.25, 0.3) is 0 Å². The van der Waals surface area contributed by atoms with Crippen molar-refractivity contribution in [2.75, 3.05) is 21.9 Å². The lowest BCUT2D eigenvalue weighted by Gasteiger charge is -2.20. The fourth-order valence-corrected chi connectivity index (χ4v) is 5.89. The Labute approximate surface area is 199 Å². The molecule has 0 spiro atoms. The van der Waals surface area contributed by atoms with Gasteiger partial charge in [0.05, 0.1) is 21.9 Å². The van der Waals surface area contributed by atoms with Crippen LogP contribution in [0.3, 0.4) is 0 Å². The van der Waals surface area contributed by atoms with Gasteiger partial charge < -0.3 is 4.90 Å². The number of rotatable bonds is 11. The second-order valence-electron chi connectivity index (χ2n) is 8.18. The Morgan fingerprint density at radius 3 is 2.44 bits per heavy atom. The van der Waals surface area contributed by atoms with Gasteiger partial charge in [0.1, 0.15) is 0 Å². The number of halogens is 2. The first kappa shape index (κ1) is 26.1. The van der Waals surface area contributed by atoms with Crippen molar-refractivity contribution in [3.8, 4) is 0 Å². The largest absolute Gasteiger partial charge is 0.355 e. The minimum absolute atomic E-state index is 0.0653. The minimum Gasteiger partial charge on any atom is -0.308 e. The number of sulfonamides is 1. The van der Waals surface area contributed by atoms with Crippen LogP contribution in [0, 0.1) is 0 Å². The highest BCUT2D eigenvalue weighted by molar-refractivity contribution is 7.93. The second kappa shape index (κ2) is 10.8. The maximum Gasteiger partial charge on any atom is 0.355 e. The smallest absolute Gasteiger partial charge is 0.308 e. The fourth-order valence-electron chi connectivity index (χ4n) is 3.90. The van der Waals surface area contributed by atoms with Gasteiger partial charge in [0.15, 0.2) is 9.84 Å². The number of nitrogens with zero attached hydrogens (tertiary/aromatic N) is 1. The molecule has 7 nitrogen and oxygen atoms in total. The molecule has 0 aliphatic carbocycles. The van der Waals surface area contributed by atoms with E-state index in [2.05, 4.69) is 6.92 Å². The summed E-state index contributed by atoms with van der Waals surface area (Å²) in [6, 6.07) is 10.1. The summed E-state index contributed by atoms with van der Waals surface area (Å²) in [5, 5.41) is 0. The van der Waals surface area contributed by atoms with Crippen LogP contribution in [-0.4, -0.2) is 40.8 Å². The van der Waals surface area contributed by atoms with Crippen LogP contribution in [-0.2, 0) is 26.3 Å². The molecule has 11 heteroatoms. The fraction of sp³-hybridized carbons (Fsp3) is 0.435. The van der Waals surface area contributed by atoms with Gasteiger partial charge in [-0.05, 0) is 48.7 Å². The van der Waals surface area contributed by atoms with Crippen LogP contribution >= 0.6 is 0 Å². The molecular formula is C23H28F2N2O5S2. The Bertz CT molecular complexity index is 1250. The first-order chi connectivity index (χ1) is 16.1. The van der Waals surface area contributed by atoms with E-state index in [0.717, 1.165) is 25.7 Å². The van der Waals surface area contributed by atoms with Crippen molar-refractivity contribution in [1.82, 2.24) is 0 Å². The Kier molecular flexibility index (Phi) is 8.29. The number of carbonyl (C=O) groups is 1. The predicted octanol–water partition coefficient (Wildman–Crippen LogP) is 4.60. The summed E-state index contributed by atoms with van der Waals surface area (Å²) in [6.45, 7) is 2.35. The standard InChI is InChI=1S/C23H28F2N2O5S2/c1-2-3-4-5-8-15-33(29,30)18-11-12-21-17(16-18)13-14-27(21)22(28)19-9-6-7-10-20(19)26-34(31,32)23(24)25/h6-7,9-12,16,23,26H,2-5,8,13-15H2,1H3. The number of alkyl halides is 2. The Balaban J connectivity index is 1.79. The molecule has 34 heavy (non-hydrogen) atoms. The molecule has 1 N–H and O–H groups in total.